The van der Waals surface area contributed by atoms with Gasteiger partial charge in [-0.3, -0.25) is 4.90 Å². The Morgan fingerprint density at radius 1 is 1.05 bits per heavy atom. The van der Waals surface area contributed by atoms with Gasteiger partial charge < -0.3 is 9.42 Å². The third-order valence-electron chi connectivity index (χ3n) is 5.13. The van der Waals surface area contributed by atoms with E-state index < -0.39 is 0 Å². The van der Waals surface area contributed by atoms with Gasteiger partial charge in [0.15, 0.2) is 5.82 Å². The fourth-order valence-corrected chi connectivity index (χ4v) is 3.55. The summed E-state index contributed by atoms with van der Waals surface area (Å²) in [4.78, 5) is 9.63. The standard InChI is InChI=1S/C17H26N4O/c1-2-4-14(5-3-1)12-20-8-10-21(11-9-20)13-16-18-17(22-19-16)15-6-7-15/h1-2,14-15H,3-13H2. The molecule has 0 spiro atoms. The molecule has 1 aromatic heterocycles. The monoisotopic (exact) mass is 302 g/mol. The van der Waals surface area contributed by atoms with Crippen LogP contribution in [-0.4, -0.2) is 52.7 Å². The first-order valence-corrected chi connectivity index (χ1v) is 8.79. The summed E-state index contributed by atoms with van der Waals surface area (Å²) >= 11 is 0. The molecule has 4 rings (SSSR count). The smallest absolute Gasteiger partial charge is 0.229 e. The molecule has 1 atom stereocenters. The fraction of sp³-hybridized carbons (Fsp3) is 0.765. The van der Waals surface area contributed by atoms with Crippen LogP contribution >= 0.6 is 0 Å². The summed E-state index contributed by atoms with van der Waals surface area (Å²) in [6.07, 6.45) is 11.0. The van der Waals surface area contributed by atoms with Crippen molar-refractivity contribution in [1.82, 2.24) is 19.9 Å². The van der Waals surface area contributed by atoms with Crippen LogP contribution in [0.2, 0.25) is 0 Å². The van der Waals surface area contributed by atoms with E-state index in [2.05, 4.69) is 32.1 Å². The van der Waals surface area contributed by atoms with E-state index in [-0.39, 0.29) is 0 Å². The highest BCUT2D eigenvalue weighted by Crippen LogP contribution is 2.38. The molecule has 1 unspecified atom stereocenters. The first-order chi connectivity index (χ1) is 10.9. The predicted molar refractivity (Wildman–Crippen MR) is 84.5 cm³/mol. The van der Waals surface area contributed by atoms with Crippen LogP contribution in [-0.2, 0) is 6.54 Å². The second-order valence-electron chi connectivity index (χ2n) is 7.05. The molecule has 3 aliphatic rings. The Kier molecular flexibility index (Phi) is 4.26. The zero-order valence-corrected chi connectivity index (χ0v) is 13.3. The van der Waals surface area contributed by atoms with Gasteiger partial charge in [0.05, 0.1) is 6.54 Å². The Bertz CT molecular complexity index is 514. The minimum atomic E-state index is 0.558. The van der Waals surface area contributed by atoms with Crippen molar-refractivity contribution in [2.45, 2.75) is 44.6 Å². The van der Waals surface area contributed by atoms with Crippen molar-refractivity contribution in [1.29, 1.82) is 0 Å². The van der Waals surface area contributed by atoms with Gasteiger partial charge in [-0.15, -0.1) is 0 Å². The van der Waals surface area contributed by atoms with Crippen LogP contribution in [0.1, 0.15) is 49.7 Å². The zero-order valence-electron chi connectivity index (χ0n) is 13.3. The van der Waals surface area contributed by atoms with Crippen LogP contribution < -0.4 is 0 Å². The van der Waals surface area contributed by atoms with Crippen molar-refractivity contribution in [2.24, 2.45) is 5.92 Å². The molecule has 1 saturated carbocycles. The first kappa shape index (κ1) is 14.4. The Labute approximate surface area is 132 Å². The van der Waals surface area contributed by atoms with E-state index in [1.165, 1.54) is 51.7 Å². The predicted octanol–water partition coefficient (Wildman–Crippen LogP) is 2.42. The Balaban J connectivity index is 1.22. The van der Waals surface area contributed by atoms with Gasteiger partial charge in [0, 0.05) is 38.6 Å². The van der Waals surface area contributed by atoms with Crippen LogP contribution in [0.3, 0.4) is 0 Å². The summed E-state index contributed by atoms with van der Waals surface area (Å²) in [6, 6.07) is 0. The first-order valence-electron chi connectivity index (χ1n) is 8.79. The molecule has 2 heterocycles. The average molecular weight is 302 g/mol. The summed E-state index contributed by atoms with van der Waals surface area (Å²) in [5.41, 5.74) is 0. The van der Waals surface area contributed by atoms with Gasteiger partial charge in [-0.1, -0.05) is 17.3 Å². The maximum atomic E-state index is 5.35. The number of hydrogen-bond acceptors (Lipinski definition) is 5. The molecule has 120 valence electrons. The van der Waals surface area contributed by atoms with Crippen LogP contribution in [0.4, 0.5) is 0 Å². The summed E-state index contributed by atoms with van der Waals surface area (Å²) in [6.45, 7) is 6.70. The minimum Gasteiger partial charge on any atom is -0.339 e. The van der Waals surface area contributed by atoms with Gasteiger partial charge in [-0.05, 0) is 38.0 Å². The minimum absolute atomic E-state index is 0.558. The molecule has 5 nitrogen and oxygen atoms in total. The molecular formula is C17H26N4O. The van der Waals surface area contributed by atoms with Gasteiger partial charge >= 0.3 is 0 Å². The van der Waals surface area contributed by atoms with Gasteiger partial charge in [-0.2, -0.15) is 4.98 Å². The van der Waals surface area contributed by atoms with Crippen LogP contribution in [0.25, 0.3) is 0 Å². The largest absolute Gasteiger partial charge is 0.339 e. The maximum Gasteiger partial charge on any atom is 0.229 e. The van der Waals surface area contributed by atoms with Crippen LogP contribution in [0.5, 0.6) is 0 Å². The molecule has 0 N–H and O–H groups in total. The molecule has 1 saturated heterocycles. The molecule has 2 fully saturated rings. The van der Waals surface area contributed by atoms with Crippen molar-refractivity contribution >= 4 is 0 Å². The normalized spacial score (nSPS) is 27.4. The highest BCUT2D eigenvalue weighted by Gasteiger charge is 2.30. The number of rotatable bonds is 5. The van der Waals surface area contributed by atoms with E-state index in [9.17, 15) is 0 Å². The number of piperazine rings is 1. The number of hydrogen-bond donors (Lipinski definition) is 0. The third kappa shape index (κ3) is 3.58. The molecule has 0 bridgehead atoms. The van der Waals surface area contributed by atoms with Crippen LogP contribution in [0.15, 0.2) is 16.7 Å². The third-order valence-corrected chi connectivity index (χ3v) is 5.13. The number of aromatic nitrogens is 2. The second kappa shape index (κ2) is 6.50. The molecule has 0 amide bonds. The topological polar surface area (TPSA) is 45.4 Å². The Morgan fingerprint density at radius 3 is 2.59 bits per heavy atom. The van der Waals surface area contributed by atoms with Crippen molar-refractivity contribution in [3.63, 3.8) is 0 Å². The highest BCUT2D eigenvalue weighted by molar-refractivity contribution is 5.01. The molecule has 1 aliphatic heterocycles. The van der Waals surface area contributed by atoms with Crippen LogP contribution in [0, 0.1) is 5.92 Å². The SMILES string of the molecule is C1=CCC(CN2CCN(Cc3noc(C4CC4)n3)CC2)CC1. The lowest BCUT2D eigenvalue weighted by Gasteiger charge is -2.36. The summed E-state index contributed by atoms with van der Waals surface area (Å²) in [5, 5.41) is 4.14. The molecule has 2 aliphatic carbocycles. The zero-order chi connectivity index (χ0) is 14.8. The summed E-state index contributed by atoms with van der Waals surface area (Å²) in [7, 11) is 0. The van der Waals surface area contributed by atoms with E-state index in [0.29, 0.717) is 5.92 Å². The second-order valence-corrected chi connectivity index (χ2v) is 7.05. The summed E-state index contributed by atoms with van der Waals surface area (Å²) < 4.78 is 5.35. The molecule has 1 aromatic rings. The molecular weight excluding hydrogens is 276 g/mol. The molecule has 0 aromatic carbocycles. The van der Waals surface area contributed by atoms with Crippen molar-refractivity contribution in [3.8, 4) is 0 Å². The van der Waals surface area contributed by atoms with E-state index >= 15 is 0 Å². The van der Waals surface area contributed by atoms with Gasteiger partial charge in [0.2, 0.25) is 5.89 Å². The quantitative estimate of drug-likeness (QED) is 0.782. The summed E-state index contributed by atoms with van der Waals surface area (Å²) in [5.74, 6) is 3.16. The lowest BCUT2D eigenvalue weighted by Crippen LogP contribution is -2.47. The van der Waals surface area contributed by atoms with E-state index in [4.69, 9.17) is 4.52 Å². The average Bonchev–Trinajstić information content (AvgIpc) is 3.30. The van der Waals surface area contributed by atoms with Crippen molar-refractivity contribution < 1.29 is 4.52 Å². The van der Waals surface area contributed by atoms with E-state index in [1.807, 2.05) is 0 Å². The van der Waals surface area contributed by atoms with Crippen molar-refractivity contribution in [2.75, 3.05) is 32.7 Å². The maximum absolute atomic E-state index is 5.35. The molecule has 22 heavy (non-hydrogen) atoms. The van der Waals surface area contributed by atoms with E-state index in [0.717, 1.165) is 37.3 Å². The molecule has 0 radical (unpaired) electrons. The highest BCUT2D eigenvalue weighted by atomic mass is 16.5. The van der Waals surface area contributed by atoms with E-state index in [1.54, 1.807) is 0 Å². The number of allylic oxidation sites excluding steroid dienone is 2. The van der Waals surface area contributed by atoms with Gasteiger partial charge in [0.1, 0.15) is 0 Å². The van der Waals surface area contributed by atoms with Gasteiger partial charge in [-0.25, -0.2) is 0 Å². The lowest BCUT2D eigenvalue weighted by molar-refractivity contribution is 0.109. The Morgan fingerprint density at radius 2 is 1.86 bits per heavy atom. The van der Waals surface area contributed by atoms with Gasteiger partial charge in [0.25, 0.3) is 0 Å². The number of nitrogens with zero attached hydrogens (tertiary/aromatic N) is 4. The molecule has 5 heteroatoms. The fourth-order valence-electron chi connectivity index (χ4n) is 3.55. The lowest BCUT2D eigenvalue weighted by atomic mass is 9.94. The Hall–Kier alpha value is -1.20. The van der Waals surface area contributed by atoms with Crippen molar-refractivity contribution in [3.05, 3.63) is 23.9 Å².